The van der Waals surface area contributed by atoms with Gasteiger partial charge in [-0.05, 0) is 25.2 Å². The predicted molar refractivity (Wildman–Crippen MR) is 92.1 cm³/mol. The molecule has 0 bridgehead atoms. The Hall–Kier alpha value is -2.24. The Morgan fingerprint density at radius 3 is 2.88 bits per heavy atom. The number of hydrogen-bond donors (Lipinski definition) is 1. The minimum absolute atomic E-state index is 0.241. The van der Waals surface area contributed by atoms with Crippen molar-refractivity contribution < 1.29 is 4.79 Å². The SMILES string of the molecule is CC(C)(C)C(=O)N1CCC[C@@H](Cc2cncc(-c3cn[nH]c3)n2)C1. The number of piperidine rings is 1. The van der Waals surface area contributed by atoms with Gasteiger partial charge in [-0.2, -0.15) is 5.10 Å². The van der Waals surface area contributed by atoms with Gasteiger partial charge in [0.05, 0.1) is 23.8 Å². The quantitative estimate of drug-likeness (QED) is 0.940. The first-order valence-corrected chi connectivity index (χ1v) is 8.53. The van der Waals surface area contributed by atoms with Gasteiger partial charge in [-0.1, -0.05) is 20.8 Å². The molecular weight excluding hydrogens is 302 g/mol. The van der Waals surface area contributed by atoms with Gasteiger partial charge in [-0.25, -0.2) is 4.98 Å². The summed E-state index contributed by atoms with van der Waals surface area (Å²) in [6.45, 7) is 7.64. The molecule has 1 aliphatic heterocycles. The lowest BCUT2D eigenvalue weighted by molar-refractivity contribution is -0.141. The Labute approximate surface area is 142 Å². The number of H-pyrrole nitrogens is 1. The van der Waals surface area contributed by atoms with E-state index in [-0.39, 0.29) is 11.3 Å². The van der Waals surface area contributed by atoms with Crippen LogP contribution in [0.15, 0.2) is 24.8 Å². The highest BCUT2D eigenvalue weighted by atomic mass is 16.2. The fourth-order valence-electron chi connectivity index (χ4n) is 3.22. The van der Waals surface area contributed by atoms with Gasteiger partial charge in [0.1, 0.15) is 0 Å². The van der Waals surface area contributed by atoms with Gasteiger partial charge in [-0.3, -0.25) is 14.9 Å². The lowest BCUT2D eigenvalue weighted by atomic mass is 9.89. The number of amides is 1. The Balaban J connectivity index is 1.68. The number of aromatic amines is 1. The monoisotopic (exact) mass is 327 g/mol. The summed E-state index contributed by atoms with van der Waals surface area (Å²) in [4.78, 5) is 23.5. The summed E-state index contributed by atoms with van der Waals surface area (Å²) in [6, 6.07) is 0. The topological polar surface area (TPSA) is 74.8 Å². The largest absolute Gasteiger partial charge is 0.342 e. The Morgan fingerprint density at radius 1 is 1.33 bits per heavy atom. The molecule has 1 saturated heterocycles. The first-order valence-electron chi connectivity index (χ1n) is 8.53. The van der Waals surface area contributed by atoms with Crippen molar-refractivity contribution in [2.24, 2.45) is 11.3 Å². The van der Waals surface area contributed by atoms with Crippen LogP contribution >= 0.6 is 0 Å². The van der Waals surface area contributed by atoms with E-state index in [2.05, 4.69) is 15.2 Å². The number of carbonyl (C=O) groups is 1. The molecule has 1 fully saturated rings. The number of nitrogens with zero attached hydrogens (tertiary/aromatic N) is 4. The normalized spacial score (nSPS) is 18.6. The van der Waals surface area contributed by atoms with Crippen LogP contribution in [0.5, 0.6) is 0 Å². The zero-order valence-corrected chi connectivity index (χ0v) is 14.6. The summed E-state index contributed by atoms with van der Waals surface area (Å²) < 4.78 is 0. The first kappa shape index (κ1) is 16.6. The van der Waals surface area contributed by atoms with E-state index in [1.165, 1.54) is 0 Å². The van der Waals surface area contributed by atoms with Gasteiger partial charge in [0, 0.05) is 36.5 Å². The van der Waals surface area contributed by atoms with Gasteiger partial charge in [0.25, 0.3) is 0 Å². The van der Waals surface area contributed by atoms with E-state index in [1.807, 2.05) is 38.1 Å². The van der Waals surface area contributed by atoms with E-state index in [4.69, 9.17) is 4.98 Å². The van der Waals surface area contributed by atoms with Crippen molar-refractivity contribution in [3.63, 3.8) is 0 Å². The average molecular weight is 327 g/mol. The highest BCUT2D eigenvalue weighted by Gasteiger charge is 2.31. The molecule has 0 saturated carbocycles. The lowest BCUT2D eigenvalue weighted by Crippen LogP contribution is -2.45. The van der Waals surface area contributed by atoms with Crippen molar-refractivity contribution in [2.45, 2.75) is 40.0 Å². The van der Waals surface area contributed by atoms with Crippen molar-refractivity contribution >= 4 is 5.91 Å². The number of rotatable bonds is 3. The lowest BCUT2D eigenvalue weighted by Gasteiger charge is -2.36. The van der Waals surface area contributed by atoms with Gasteiger partial charge in [-0.15, -0.1) is 0 Å². The first-order chi connectivity index (χ1) is 11.4. The summed E-state index contributed by atoms with van der Waals surface area (Å²) in [7, 11) is 0. The van der Waals surface area contributed by atoms with Crippen LogP contribution in [0.25, 0.3) is 11.3 Å². The van der Waals surface area contributed by atoms with Crippen LogP contribution in [0.2, 0.25) is 0 Å². The fourth-order valence-corrected chi connectivity index (χ4v) is 3.22. The molecule has 0 spiro atoms. The molecule has 0 aliphatic carbocycles. The van der Waals surface area contributed by atoms with Crippen LogP contribution in [-0.4, -0.2) is 44.1 Å². The standard InChI is InChI=1S/C18H25N5O/c1-18(2,3)17(24)23-6-4-5-13(12-23)7-15-10-19-11-16(22-15)14-8-20-21-9-14/h8-11,13H,4-7,12H2,1-3H3,(H,20,21)/t13-/m0/s1. The zero-order chi connectivity index (χ0) is 17.2. The molecule has 1 N–H and O–H groups in total. The molecule has 0 aromatic carbocycles. The molecule has 3 rings (SSSR count). The maximum Gasteiger partial charge on any atom is 0.227 e. The number of carbonyl (C=O) groups excluding carboxylic acids is 1. The smallest absolute Gasteiger partial charge is 0.227 e. The second kappa shape index (κ2) is 6.71. The van der Waals surface area contributed by atoms with Gasteiger partial charge in [0.15, 0.2) is 0 Å². The van der Waals surface area contributed by atoms with E-state index in [0.717, 1.165) is 49.3 Å². The minimum Gasteiger partial charge on any atom is -0.342 e. The molecule has 128 valence electrons. The molecule has 6 nitrogen and oxygen atoms in total. The van der Waals surface area contributed by atoms with Crippen molar-refractivity contribution in [3.8, 4) is 11.3 Å². The molecule has 0 radical (unpaired) electrons. The molecule has 0 unspecified atom stereocenters. The highest BCUT2D eigenvalue weighted by molar-refractivity contribution is 5.81. The van der Waals surface area contributed by atoms with Crippen LogP contribution < -0.4 is 0 Å². The third kappa shape index (κ3) is 3.80. The zero-order valence-electron chi connectivity index (χ0n) is 14.6. The van der Waals surface area contributed by atoms with Gasteiger partial charge < -0.3 is 4.90 Å². The fraction of sp³-hybridized carbons (Fsp3) is 0.556. The number of aromatic nitrogens is 4. The predicted octanol–water partition coefficient (Wildman–Crippen LogP) is 2.69. The van der Waals surface area contributed by atoms with Crippen LogP contribution in [0.1, 0.15) is 39.3 Å². The molecule has 24 heavy (non-hydrogen) atoms. The van der Waals surface area contributed by atoms with Crippen molar-refractivity contribution in [1.82, 2.24) is 25.1 Å². The molecular formula is C18H25N5O. The highest BCUT2D eigenvalue weighted by Crippen LogP contribution is 2.25. The van der Waals surface area contributed by atoms with Crippen LogP contribution in [0.4, 0.5) is 0 Å². The summed E-state index contributed by atoms with van der Waals surface area (Å²) in [5.74, 6) is 0.685. The molecule has 1 aliphatic rings. The Morgan fingerprint density at radius 2 is 2.17 bits per heavy atom. The summed E-state index contributed by atoms with van der Waals surface area (Å²) in [5, 5.41) is 6.76. The van der Waals surface area contributed by atoms with Gasteiger partial charge in [0.2, 0.25) is 5.91 Å². The maximum absolute atomic E-state index is 12.5. The molecule has 1 atom stereocenters. The molecule has 2 aromatic rings. The summed E-state index contributed by atoms with van der Waals surface area (Å²) >= 11 is 0. The van der Waals surface area contributed by atoms with E-state index >= 15 is 0 Å². The average Bonchev–Trinajstić information content (AvgIpc) is 3.08. The number of hydrogen-bond acceptors (Lipinski definition) is 4. The summed E-state index contributed by atoms with van der Waals surface area (Å²) in [6.07, 6.45) is 10.2. The van der Waals surface area contributed by atoms with E-state index < -0.39 is 0 Å². The Kier molecular flexibility index (Phi) is 4.64. The molecule has 2 aromatic heterocycles. The second-order valence-electron chi connectivity index (χ2n) is 7.60. The van der Waals surface area contributed by atoms with Gasteiger partial charge >= 0.3 is 0 Å². The number of likely N-dealkylation sites (tertiary alicyclic amines) is 1. The third-order valence-electron chi connectivity index (χ3n) is 4.42. The van der Waals surface area contributed by atoms with E-state index in [0.29, 0.717) is 5.92 Å². The molecule has 1 amide bonds. The van der Waals surface area contributed by atoms with Crippen LogP contribution in [-0.2, 0) is 11.2 Å². The second-order valence-corrected chi connectivity index (χ2v) is 7.60. The van der Waals surface area contributed by atoms with Crippen LogP contribution in [0.3, 0.4) is 0 Å². The van der Waals surface area contributed by atoms with Crippen molar-refractivity contribution in [1.29, 1.82) is 0 Å². The number of nitrogens with one attached hydrogen (secondary N) is 1. The third-order valence-corrected chi connectivity index (χ3v) is 4.42. The minimum atomic E-state index is -0.317. The van der Waals surface area contributed by atoms with Crippen molar-refractivity contribution in [2.75, 3.05) is 13.1 Å². The van der Waals surface area contributed by atoms with E-state index in [1.54, 1.807) is 12.4 Å². The molecule has 6 heteroatoms. The maximum atomic E-state index is 12.5. The Bertz CT molecular complexity index is 690. The molecule has 3 heterocycles. The van der Waals surface area contributed by atoms with Crippen LogP contribution in [0, 0.1) is 11.3 Å². The van der Waals surface area contributed by atoms with E-state index in [9.17, 15) is 4.79 Å². The summed E-state index contributed by atoms with van der Waals surface area (Å²) in [5.41, 5.74) is 2.43. The van der Waals surface area contributed by atoms with Crippen molar-refractivity contribution in [3.05, 3.63) is 30.5 Å².